The van der Waals surface area contributed by atoms with Gasteiger partial charge in [0, 0.05) is 12.6 Å². The molecule has 0 spiro atoms. The van der Waals surface area contributed by atoms with Crippen LogP contribution in [0, 0.1) is 20.8 Å². The summed E-state index contributed by atoms with van der Waals surface area (Å²) >= 11 is 0. The predicted molar refractivity (Wildman–Crippen MR) is 81.2 cm³/mol. The summed E-state index contributed by atoms with van der Waals surface area (Å²) in [4.78, 5) is 15.5. The highest BCUT2D eigenvalue weighted by Crippen LogP contribution is 2.23. The Bertz CT molecular complexity index is 628. The SMILES string of the molecule is CC.Cc1ccc(-c2nc(C)c(C(=O)O)n2C)cc1C. The highest BCUT2D eigenvalue weighted by atomic mass is 16.4. The van der Waals surface area contributed by atoms with Crippen LogP contribution in [0.25, 0.3) is 11.4 Å². The second kappa shape index (κ2) is 6.37. The van der Waals surface area contributed by atoms with Gasteiger partial charge in [-0.05, 0) is 38.0 Å². The van der Waals surface area contributed by atoms with Gasteiger partial charge in [-0.3, -0.25) is 0 Å². The van der Waals surface area contributed by atoms with Crippen molar-refractivity contribution in [2.24, 2.45) is 7.05 Å². The number of carbonyl (C=O) groups is 1. The number of rotatable bonds is 2. The standard InChI is InChI=1S/C14H16N2O2.C2H6/c1-8-5-6-11(7-9(8)2)13-15-10(3)12(14(17)18)16(13)4;1-2/h5-7H,1-4H3,(H,17,18);1-2H3. The van der Waals surface area contributed by atoms with Gasteiger partial charge in [-0.2, -0.15) is 0 Å². The molecule has 20 heavy (non-hydrogen) atoms. The van der Waals surface area contributed by atoms with Gasteiger partial charge in [0.05, 0.1) is 5.69 Å². The van der Waals surface area contributed by atoms with Crippen LogP contribution in [0.3, 0.4) is 0 Å². The first-order valence-electron chi connectivity index (χ1n) is 6.76. The molecule has 0 aliphatic rings. The minimum absolute atomic E-state index is 0.239. The maximum atomic E-state index is 11.1. The predicted octanol–water partition coefficient (Wildman–Crippen LogP) is 3.74. The number of carboxylic acids is 1. The summed E-state index contributed by atoms with van der Waals surface area (Å²) in [7, 11) is 1.73. The maximum Gasteiger partial charge on any atom is 0.354 e. The first-order valence-corrected chi connectivity index (χ1v) is 6.76. The van der Waals surface area contributed by atoms with Gasteiger partial charge in [0.15, 0.2) is 0 Å². The Labute approximate surface area is 120 Å². The van der Waals surface area contributed by atoms with Crippen molar-refractivity contribution in [3.05, 3.63) is 40.7 Å². The summed E-state index contributed by atoms with van der Waals surface area (Å²) in [6.07, 6.45) is 0. The third-order valence-electron chi connectivity index (χ3n) is 3.24. The molecule has 0 amide bonds. The van der Waals surface area contributed by atoms with E-state index in [-0.39, 0.29) is 5.69 Å². The number of aromatic carboxylic acids is 1. The molecule has 1 aromatic carbocycles. The molecule has 0 saturated heterocycles. The van der Waals surface area contributed by atoms with E-state index >= 15 is 0 Å². The van der Waals surface area contributed by atoms with Crippen LogP contribution in [0.15, 0.2) is 18.2 Å². The minimum atomic E-state index is -0.947. The highest BCUT2D eigenvalue weighted by molar-refractivity contribution is 5.88. The van der Waals surface area contributed by atoms with E-state index in [0.717, 1.165) is 5.56 Å². The number of aryl methyl sites for hydroxylation is 3. The van der Waals surface area contributed by atoms with Crippen molar-refractivity contribution >= 4 is 5.97 Å². The quantitative estimate of drug-likeness (QED) is 0.907. The lowest BCUT2D eigenvalue weighted by molar-refractivity contribution is 0.0686. The Morgan fingerprint density at radius 1 is 1.15 bits per heavy atom. The van der Waals surface area contributed by atoms with E-state index in [0.29, 0.717) is 11.5 Å². The maximum absolute atomic E-state index is 11.1. The Balaban J connectivity index is 0.000000956. The third-order valence-corrected chi connectivity index (χ3v) is 3.24. The fourth-order valence-corrected chi connectivity index (χ4v) is 2.07. The average molecular weight is 274 g/mol. The highest BCUT2D eigenvalue weighted by Gasteiger charge is 2.18. The first kappa shape index (κ1) is 16.0. The molecule has 0 aliphatic carbocycles. The Morgan fingerprint density at radius 2 is 1.75 bits per heavy atom. The van der Waals surface area contributed by atoms with E-state index in [1.54, 1.807) is 18.5 Å². The number of carboxylic acid groups (broad SMARTS) is 1. The normalized spacial score (nSPS) is 9.90. The van der Waals surface area contributed by atoms with Gasteiger partial charge in [-0.1, -0.05) is 26.0 Å². The Hall–Kier alpha value is -2.10. The molecular formula is C16H22N2O2. The van der Waals surface area contributed by atoms with E-state index in [4.69, 9.17) is 5.11 Å². The summed E-state index contributed by atoms with van der Waals surface area (Å²) in [6.45, 7) is 9.80. The molecule has 4 heteroatoms. The smallest absolute Gasteiger partial charge is 0.354 e. The van der Waals surface area contributed by atoms with Crippen molar-refractivity contribution in [1.29, 1.82) is 0 Å². The van der Waals surface area contributed by atoms with Crippen LogP contribution in [0.2, 0.25) is 0 Å². The van der Waals surface area contributed by atoms with Crippen molar-refractivity contribution in [3.63, 3.8) is 0 Å². The third kappa shape index (κ3) is 2.90. The van der Waals surface area contributed by atoms with Crippen LogP contribution in [0.5, 0.6) is 0 Å². The van der Waals surface area contributed by atoms with Crippen LogP contribution < -0.4 is 0 Å². The fourth-order valence-electron chi connectivity index (χ4n) is 2.07. The molecule has 2 aromatic rings. The van der Waals surface area contributed by atoms with E-state index in [9.17, 15) is 4.79 Å². The topological polar surface area (TPSA) is 55.1 Å². The number of nitrogens with zero attached hydrogens (tertiary/aromatic N) is 2. The van der Waals surface area contributed by atoms with Gasteiger partial charge in [-0.25, -0.2) is 9.78 Å². The molecule has 1 aromatic heterocycles. The summed E-state index contributed by atoms with van der Waals surface area (Å²) in [5.41, 5.74) is 4.10. The van der Waals surface area contributed by atoms with Crippen LogP contribution in [-0.4, -0.2) is 20.6 Å². The summed E-state index contributed by atoms with van der Waals surface area (Å²) in [6, 6.07) is 6.02. The summed E-state index contributed by atoms with van der Waals surface area (Å²) in [5, 5.41) is 9.14. The second-order valence-electron chi connectivity index (χ2n) is 4.53. The minimum Gasteiger partial charge on any atom is -0.477 e. The lowest BCUT2D eigenvalue weighted by atomic mass is 10.1. The van der Waals surface area contributed by atoms with Gasteiger partial charge in [0.2, 0.25) is 0 Å². The van der Waals surface area contributed by atoms with E-state index in [1.165, 1.54) is 11.1 Å². The van der Waals surface area contributed by atoms with Gasteiger partial charge in [0.1, 0.15) is 11.5 Å². The zero-order valence-corrected chi connectivity index (χ0v) is 13.0. The fraction of sp³-hybridized carbons (Fsp3) is 0.375. The Kier molecular flexibility index (Phi) is 5.08. The molecule has 1 heterocycles. The summed E-state index contributed by atoms with van der Waals surface area (Å²) in [5.74, 6) is -0.259. The molecule has 4 nitrogen and oxygen atoms in total. The van der Waals surface area contributed by atoms with E-state index in [1.807, 2.05) is 45.9 Å². The van der Waals surface area contributed by atoms with Gasteiger partial charge < -0.3 is 9.67 Å². The zero-order chi connectivity index (χ0) is 15.4. The number of hydrogen-bond acceptors (Lipinski definition) is 2. The van der Waals surface area contributed by atoms with Crippen molar-refractivity contribution in [2.45, 2.75) is 34.6 Å². The average Bonchev–Trinajstić information content (AvgIpc) is 2.70. The molecule has 0 fully saturated rings. The summed E-state index contributed by atoms with van der Waals surface area (Å²) < 4.78 is 1.63. The number of imidazole rings is 1. The van der Waals surface area contributed by atoms with Crippen molar-refractivity contribution in [3.8, 4) is 11.4 Å². The lowest BCUT2D eigenvalue weighted by Gasteiger charge is -2.06. The molecule has 0 radical (unpaired) electrons. The number of hydrogen-bond donors (Lipinski definition) is 1. The zero-order valence-electron chi connectivity index (χ0n) is 13.0. The molecule has 1 N–H and O–H groups in total. The largest absolute Gasteiger partial charge is 0.477 e. The molecule has 0 aliphatic heterocycles. The molecule has 0 unspecified atom stereocenters. The van der Waals surface area contributed by atoms with E-state index in [2.05, 4.69) is 4.98 Å². The molecule has 0 atom stereocenters. The van der Waals surface area contributed by atoms with Gasteiger partial charge in [-0.15, -0.1) is 0 Å². The van der Waals surface area contributed by atoms with Gasteiger partial charge >= 0.3 is 5.97 Å². The van der Waals surface area contributed by atoms with E-state index < -0.39 is 5.97 Å². The lowest BCUT2D eigenvalue weighted by Crippen LogP contribution is -2.06. The second-order valence-corrected chi connectivity index (χ2v) is 4.53. The molecule has 2 rings (SSSR count). The monoisotopic (exact) mass is 274 g/mol. The number of aromatic nitrogens is 2. The van der Waals surface area contributed by atoms with Crippen molar-refractivity contribution in [1.82, 2.24) is 9.55 Å². The van der Waals surface area contributed by atoms with Crippen LogP contribution in [0.4, 0.5) is 0 Å². The van der Waals surface area contributed by atoms with Crippen molar-refractivity contribution in [2.75, 3.05) is 0 Å². The molecule has 108 valence electrons. The number of benzene rings is 1. The molecular weight excluding hydrogens is 252 g/mol. The first-order chi connectivity index (χ1) is 9.41. The van der Waals surface area contributed by atoms with Crippen LogP contribution in [-0.2, 0) is 7.05 Å². The molecule has 0 saturated carbocycles. The molecule has 0 bridgehead atoms. The van der Waals surface area contributed by atoms with Crippen LogP contribution >= 0.6 is 0 Å². The van der Waals surface area contributed by atoms with Gasteiger partial charge in [0.25, 0.3) is 0 Å². The van der Waals surface area contributed by atoms with Crippen molar-refractivity contribution < 1.29 is 9.90 Å². The Morgan fingerprint density at radius 3 is 2.20 bits per heavy atom. The van der Waals surface area contributed by atoms with Crippen LogP contribution in [0.1, 0.15) is 41.2 Å².